The van der Waals surface area contributed by atoms with Crippen LogP contribution in [0.25, 0.3) is 10.8 Å². The standard InChI is InChI=1S/C19H22N4O3S/c1-2-14-10-15(23-26-14)17(24)20-11-12-5-7-13(8-6-12)18-21-22-19(25-18)16-4-3-9-27-16/h3-4,9-10,12-13H,2,5-8,11H2,1H3,(H,20,24). The summed E-state index contributed by atoms with van der Waals surface area (Å²) < 4.78 is 11.0. The molecule has 3 heterocycles. The van der Waals surface area contributed by atoms with Crippen LogP contribution >= 0.6 is 11.3 Å². The molecule has 142 valence electrons. The van der Waals surface area contributed by atoms with Gasteiger partial charge in [0.05, 0.1) is 4.88 Å². The van der Waals surface area contributed by atoms with Crippen molar-refractivity contribution in [3.8, 4) is 10.8 Å². The summed E-state index contributed by atoms with van der Waals surface area (Å²) in [6.07, 6.45) is 4.78. The van der Waals surface area contributed by atoms with Crippen molar-refractivity contribution in [1.29, 1.82) is 0 Å². The van der Waals surface area contributed by atoms with Crippen LogP contribution < -0.4 is 5.32 Å². The minimum absolute atomic E-state index is 0.168. The molecule has 0 atom stereocenters. The Hall–Kier alpha value is -2.48. The minimum Gasteiger partial charge on any atom is -0.420 e. The maximum absolute atomic E-state index is 12.2. The first-order valence-corrected chi connectivity index (χ1v) is 10.2. The second-order valence-corrected chi connectivity index (χ2v) is 7.83. The summed E-state index contributed by atoms with van der Waals surface area (Å²) in [6, 6.07) is 5.67. The molecule has 1 fully saturated rings. The molecule has 3 aromatic heterocycles. The zero-order valence-corrected chi connectivity index (χ0v) is 16.0. The van der Waals surface area contributed by atoms with E-state index in [1.54, 1.807) is 17.4 Å². The highest BCUT2D eigenvalue weighted by Crippen LogP contribution is 2.36. The number of hydrogen-bond donors (Lipinski definition) is 1. The van der Waals surface area contributed by atoms with Crippen molar-refractivity contribution in [2.45, 2.75) is 44.9 Å². The molecule has 3 aromatic rings. The lowest BCUT2D eigenvalue weighted by atomic mass is 9.82. The number of carbonyl (C=O) groups excluding carboxylic acids is 1. The van der Waals surface area contributed by atoms with Crippen LogP contribution in [0.15, 0.2) is 32.5 Å². The molecule has 0 bridgehead atoms. The van der Waals surface area contributed by atoms with E-state index in [0.29, 0.717) is 30.0 Å². The Balaban J connectivity index is 1.26. The Morgan fingerprint density at radius 3 is 2.85 bits per heavy atom. The molecule has 0 aliphatic heterocycles. The Morgan fingerprint density at radius 2 is 2.15 bits per heavy atom. The van der Waals surface area contributed by atoms with E-state index < -0.39 is 0 Å². The van der Waals surface area contributed by atoms with E-state index >= 15 is 0 Å². The molecule has 27 heavy (non-hydrogen) atoms. The Kier molecular flexibility index (Phi) is 5.33. The molecule has 7 nitrogen and oxygen atoms in total. The predicted octanol–water partition coefficient (Wildman–Crippen LogP) is 4.05. The second kappa shape index (κ2) is 8.04. The number of aromatic nitrogens is 3. The first-order chi connectivity index (χ1) is 13.2. The number of thiophene rings is 1. The molecular weight excluding hydrogens is 364 g/mol. The number of amides is 1. The van der Waals surface area contributed by atoms with E-state index in [-0.39, 0.29) is 5.91 Å². The summed E-state index contributed by atoms with van der Waals surface area (Å²) >= 11 is 1.60. The van der Waals surface area contributed by atoms with Crippen LogP contribution in [-0.4, -0.2) is 27.8 Å². The molecule has 4 rings (SSSR count). The molecule has 8 heteroatoms. The molecule has 1 aliphatic carbocycles. The zero-order valence-electron chi connectivity index (χ0n) is 15.2. The Bertz CT molecular complexity index is 879. The van der Waals surface area contributed by atoms with Gasteiger partial charge in [-0.2, -0.15) is 0 Å². The van der Waals surface area contributed by atoms with Gasteiger partial charge >= 0.3 is 0 Å². The van der Waals surface area contributed by atoms with Crippen molar-refractivity contribution in [2.75, 3.05) is 6.54 Å². The molecule has 0 radical (unpaired) electrons. The van der Waals surface area contributed by atoms with Crippen LogP contribution in [0.4, 0.5) is 0 Å². The van der Waals surface area contributed by atoms with E-state index in [2.05, 4.69) is 20.7 Å². The molecular formula is C19H22N4O3S. The van der Waals surface area contributed by atoms with Crippen LogP contribution in [0.3, 0.4) is 0 Å². The SMILES string of the molecule is CCc1cc(C(=O)NCC2CCC(c3nnc(-c4cccs4)o3)CC2)no1. The smallest absolute Gasteiger partial charge is 0.273 e. The number of rotatable bonds is 6. The molecule has 0 aromatic carbocycles. The maximum Gasteiger partial charge on any atom is 0.273 e. The van der Waals surface area contributed by atoms with Crippen LogP contribution in [0.2, 0.25) is 0 Å². The monoisotopic (exact) mass is 386 g/mol. The van der Waals surface area contributed by atoms with Gasteiger partial charge in [-0.05, 0) is 43.0 Å². The summed E-state index contributed by atoms with van der Waals surface area (Å²) in [6.45, 7) is 2.62. The Morgan fingerprint density at radius 1 is 1.30 bits per heavy atom. The summed E-state index contributed by atoms with van der Waals surface area (Å²) in [5, 5.41) is 17.2. The number of hydrogen-bond acceptors (Lipinski definition) is 7. The predicted molar refractivity (Wildman–Crippen MR) is 101 cm³/mol. The van der Waals surface area contributed by atoms with Gasteiger partial charge < -0.3 is 14.3 Å². The van der Waals surface area contributed by atoms with Crippen molar-refractivity contribution in [3.63, 3.8) is 0 Å². The highest BCUT2D eigenvalue weighted by molar-refractivity contribution is 7.13. The number of aryl methyl sites for hydroxylation is 1. The van der Waals surface area contributed by atoms with E-state index in [0.717, 1.165) is 48.6 Å². The van der Waals surface area contributed by atoms with Gasteiger partial charge in [0.25, 0.3) is 11.8 Å². The van der Waals surface area contributed by atoms with Gasteiger partial charge in [0.1, 0.15) is 5.76 Å². The van der Waals surface area contributed by atoms with E-state index in [9.17, 15) is 4.79 Å². The van der Waals surface area contributed by atoms with Gasteiger partial charge in [-0.3, -0.25) is 4.79 Å². The summed E-state index contributed by atoms with van der Waals surface area (Å²) in [4.78, 5) is 13.2. The average Bonchev–Trinajstić information content (AvgIpc) is 3.47. The lowest BCUT2D eigenvalue weighted by molar-refractivity contribution is 0.0933. The van der Waals surface area contributed by atoms with Crippen molar-refractivity contribution < 1.29 is 13.7 Å². The lowest BCUT2D eigenvalue weighted by Crippen LogP contribution is -2.31. The number of nitrogens with zero attached hydrogens (tertiary/aromatic N) is 3. The van der Waals surface area contributed by atoms with Gasteiger partial charge in [-0.15, -0.1) is 21.5 Å². The van der Waals surface area contributed by atoms with Crippen LogP contribution in [0.5, 0.6) is 0 Å². The molecule has 0 saturated heterocycles. The summed E-state index contributed by atoms with van der Waals surface area (Å²) in [5.74, 6) is 2.66. The van der Waals surface area contributed by atoms with E-state index in [4.69, 9.17) is 8.94 Å². The molecule has 1 N–H and O–H groups in total. The minimum atomic E-state index is -0.168. The molecule has 0 unspecified atom stereocenters. The van der Waals surface area contributed by atoms with Crippen LogP contribution in [-0.2, 0) is 6.42 Å². The topological polar surface area (TPSA) is 94.1 Å². The third kappa shape index (κ3) is 4.10. The molecule has 0 spiro atoms. The fourth-order valence-electron chi connectivity index (χ4n) is 3.43. The molecule has 1 saturated carbocycles. The fourth-order valence-corrected chi connectivity index (χ4v) is 4.07. The van der Waals surface area contributed by atoms with E-state index in [1.807, 2.05) is 24.4 Å². The Labute approximate surface area is 161 Å². The first-order valence-electron chi connectivity index (χ1n) is 9.34. The van der Waals surface area contributed by atoms with Crippen LogP contribution in [0, 0.1) is 5.92 Å². The summed E-state index contributed by atoms with van der Waals surface area (Å²) in [7, 11) is 0. The van der Waals surface area contributed by atoms with Gasteiger partial charge in [-0.25, -0.2) is 0 Å². The second-order valence-electron chi connectivity index (χ2n) is 6.88. The largest absolute Gasteiger partial charge is 0.420 e. The third-order valence-corrected chi connectivity index (χ3v) is 5.92. The van der Waals surface area contributed by atoms with E-state index in [1.165, 1.54) is 0 Å². The molecule has 1 aliphatic rings. The highest BCUT2D eigenvalue weighted by Gasteiger charge is 2.27. The summed E-state index contributed by atoms with van der Waals surface area (Å²) in [5.41, 5.74) is 0.354. The highest BCUT2D eigenvalue weighted by atomic mass is 32.1. The lowest BCUT2D eigenvalue weighted by Gasteiger charge is -2.26. The fraction of sp³-hybridized carbons (Fsp3) is 0.474. The quantitative estimate of drug-likeness (QED) is 0.687. The molecule has 1 amide bonds. The average molecular weight is 386 g/mol. The van der Waals surface area contributed by atoms with Crippen molar-refractivity contribution >= 4 is 17.2 Å². The zero-order chi connectivity index (χ0) is 18.6. The van der Waals surface area contributed by atoms with Gasteiger partial charge in [0.15, 0.2) is 5.69 Å². The number of nitrogens with one attached hydrogen (secondary N) is 1. The van der Waals surface area contributed by atoms with Crippen molar-refractivity contribution in [1.82, 2.24) is 20.7 Å². The van der Waals surface area contributed by atoms with Gasteiger partial charge in [-0.1, -0.05) is 18.1 Å². The first kappa shape index (κ1) is 17.9. The van der Waals surface area contributed by atoms with Crippen molar-refractivity contribution in [2.24, 2.45) is 5.92 Å². The van der Waals surface area contributed by atoms with Gasteiger partial charge in [0.2, 0.25) is 5.89 Å². The normalized spacial score (nSPS) is 19.9. The van der Waals surface area contributed by atoms with Crippen LogP contribution in [0.1, 0.15) is 60.7 Å². The number of carbonyl (C=O) groups is 1. The van der Waals surface area contributed by atoms with Crippen molar-refractivity contribution in [3.05, 3.63) is 40.9 Å². The third-order valence-electron chi connectivity index (χ3n) is 5.06. The maximum atomic E-state index is 12.2. The van der Waals surface area contributed by atoms with Gasteiger partial charge in [0, 0.05) is 24.9 Å².